The quantitative estimate of drug-likeness (QED) is 0.183. The summed E-state index contributed by atoms with van der Waals surface area (Å²) in [5, 5.41) is 32.1. The Kier molecular flexibility index (Phi) is 7.35. The Balaban J connectivity index is 1.59. The van der Waals surface area contributed by atoms with E-state index < -0.39 is 53.2 Å². The van der Waals surface area contributed by atoms with E-state index in [1.165, 1.54) is 0 Å². The number of aromatic nitrogens is 5. The fraction of sp³-hybridized carbons (Fsp3) is 0.412. The summed E-state index contributed by atoms with van der Waals surface area (Å²) in [5.74, 6) is -0.750. The van der Waals surface area contributed by atoms with Gasteiger partial charge in [-0.15, -0.1) is 5.10 Å². The van der Waals surface area contributed by atoms with Crippen molar-refractivity contribution >= 4 is 57.6 Å². The Morgan fingerprint density at radius 2 is 1.86 bits per heavy atom. The first-order valence-electron chi connectivity index (χ1n) is 9.87. The van der Waals surface area contributed by atoms with E-state index in [9.17, 15) is 23.2 Å². The SMILES string of the molecule is O=P(O)(O)CS(=O)(=O)C[C@H]1O[C@@H](n2nnc3c(NCc4ccccc4Cl)nc(Cl)nc32)[C@H](O)[C@@H]1O. The van der Waals surface area contributed by atoms with Crippen molar-refractivity contribution < 1.29 is 37.7 Å². The van der Waals surface area contributed by atoms with E-state index in [2.05, 4.69) is 25.6 Å². The topological polar surface area (TPSA) is 210 Å². The van der Waals surface area contributed by atoms with Gasteiger partial charge < -0.3 is 30.1 Å². The molecule has 2 aromatic heterocycles. The van der Waals surface area contributed by atoms with Gasteiger partial charge in [-0.1, -0.05) is 35.0 Å². The lowest BCUT2D eigenvalue weighted by Gasteiger charge is -2.15. The standard InChI is InChI=1S/C17H19Cl2N6O8PS/c18-9-4-2-1-3-8(9)5-20-14-11-15(22-17(19)21-14)25(24-23-11)16-13(27)12(26)10(33-16)6-35(31,32)7-34(28,29)30/h1-4,10,12-13,16,26-27H,5-7H2,(H,20,21,22)(H2,28,29,30)/t10-,12-,13-,16-/m1/s1. The normalized spacial score (nSPS) is 23.1. The number of benzene rings is 1. The second kappa shape index (κ2) is 9.84. The maximum atomic E-state index is 12.1. The molecule has 0 bridgehead atoms. The highest BCUT2D eigenvalue weighted by Gasteiger charge is 2.47. The van der Waals surface area contributed by atoms with Gasteiger partial charge in [0.15, 0.2) is 38.5 Å². The molecular formula is C17H19Cl2N6O8PS. The Morgan fingerprint density at radius 3 is 2.54 bits per heavy atom. The monoisotopic (exact) mass is 568 g/mol. The molecular weight excluding hydrogens is 550 g/mol. The predicted octanol–water partition coefficient (Wildman–Crippen LogP) is 0.309. The average molecular weight is 569 g/mol. The number of aliphatic hydroxyl groups excluding tert-OH is 2. The summed E-state index contributed by atoms with van der Waals surface area (Å²) in [7, 11) is -9.22. The van der Waals surface area contributed by atoms with Crippen LogP contribution in [0.1, 0.15) is 11.8 Å². The molecule has 18 heteroatoms. The van der Waals surface area contributed by atoms with Gasteiger partial charge >= 0.3 is 7.60 Å². The van der Waals surface area contributed by atoms with Gasteiger partial charge in [0.2, 0.25) is 5.28 Å². The highest BCUT2D eigenvalue weighted by atomic mass is 35.5. The van der Waals surface area contributed by atoms with Gasteiger partial charge in [0.05, 0.1) is 5.75 Å². The molecule has 5 N–H and O–H groups in total. The minimum absolute atomic E-state index is 0.0154. The third-order valence-electron chi connectivity index (χ3n) is 5.06. The molecule has 1 aliphatic rings. The Bertz CT molecular complexity index is 1400. The number of nitrogens with zero attached hydrogens (tertiary/aromatic N) is 5. The summed E-state index contributed by atoms with van der Waals surface area (Å²) in [5.41, 5.74) is -0.504. The zero-order chi connectivity index (χ0) is 25.5. The van der Waals surface area contributed by atoms with Crippen LogP contribution in [0.5, 0.6) is 0 Å². The minimum atomic E-state index is -4.88. The van der Waals surface area contributed by atoms with E-state index in [1.807, 2.05) is 6.07 Å². The number of fused-ring (bicyclic) bond motifs is 1. The Hall–Kier alpha value is -1.94. The highest BCUT2D eigenvalue weighted by Crippen LogP contribution is 2.38. The summed E-state index contributed by atoms with van der Waals surface area (Å²) < 4.78 is 41.8. The van der Waals surface area contributed by atoms with Crippen molar-refractivity contribution in [3.05, 3.63) is 40.1 Å². The zero-order valence-electron chi connectivity index (χ0n) is 17.5. The van der Waals surface area contributed by atoms with Gasteiger partial charge in [-0.2, -0.15) is 14.6 Å². The van der Waals surface area contributed by atoms with E-state index >= 15 is 0 Å². The lowest BCUT2D eigenvalue weighted by atomic mass is 10.1. The molecule has 0 spiro atoms. The second-order valence-corrected chi connectivity index (χ2v) is 12.7. The van der Waals surface area contributed by atoms with Gasteiger partial charge in [0.25, 0.3) is 0 Å². The van der Waals surface area contributed by atoms with Crippen LogP contribution in [-0.4, -0.2) is 82.9 Å². The van der Waals surface area contributed by atoms with Gasteiger partial charge in [-0.25, -0.2) is 8.42 Å². The number of rotatable bonds is 8. The first-order valence-corrected chi connectivity index (χ1v) is 14.2. The van der Waals surface area contributed by atoms with Crippen LogP contribution in [0.4, 0.5) is 5.82 Å². The van der Waals surface area contributed by atoms with Crippen LogP contribution >= 0.6 is 30.8 Å². The third kappa shape index (κ3) is 5.90. The Labute approximate surface area is 207 Å². The third-order valence-corrected chi connectivity index (χ3v) is 9.35. The number of ether oxygens (including phenoxy) is 1. The number of nitrogens with one attached hydrogen (secondary N) is 1. The first-order chi connectivity index (χ1) is 16.3. The number of sulfone groups is 1. The minimum Gasteiger partial charge on any atom is -0.387 e. The van der Waals surface area contributed by atoms with Crippen LogP contribution in [0.15, 0.2) is 24.3 Å². The maximum Gasteiger partial charge on any atom is 0.340 e. The molecule has 1 fully saturated rings. The molecule has 0 saturated carbocycles. The van der Waals surface area contributed by atoms with E-state index in [0.717, 1.165) is 10.2 Å². The molecule has 0 radical (unpaired) electrons. The smallest absolute Gasteiger partial charge is 0.340 e. The zero-order valence-corrected chi connectivity index (χ0v) is 20.7. The van der Waals surface area contributed by atoms with Gasteiger partial charge in [-0.3, -0.25) is 4.57 Å². The van der Waals surface area contributed by atoms with E-state index in [4.69, 9.17) is 37.7 Å². The molecule has 3 heterocycles. The van der Waals surface area contributed by atoms with Crippen molar-refractivity contribution in [2.75, 3.05) is 16.6 Å². The molecule has 190 valence electrons. The number of anilines is 1. The summed E-state index contributed by atoms with van der Waals surface area (Å²) in [6, 6.07) is 7.11. The Morgan fingerprint density at radius 1 is 1.14 bits per heavy atom. The molecule has 3 aromatic rings. The molecule has 4 rings (SSSR count). The van der Waals surface area contributed by atoms with Crippen LogP contribution < -0.4 is 5.32 Å². The van der Waals surface area contributed by atoms with E-state index in [1.54, 1.807) is 18.2 Å². The van der Waals surface area contributed by atoms with Crippen molar-refractivity contribution in [2.45, 2.75) is 31.1 Å². The lowest BCUT2D eigenvalue weighted by Crippen LogP contribution is -2.36. The van der Waals surface area contributed by atoms with Crippen molar-refractivity contribution in [2.24, 2.45) is 0 Å². The van der Waals surface area contributed by atoms with Gasteiger partial charge in [0, 0.05) is 11.6 Å². The highest BCUT2D eigenvalue weighted by molar-refractivity contribution is 7.97. The summed E-state index contributed by atoms with van der Waals surface area (Å²) in [6.07, 6.45) is -6.29. The van der Waals surface area contributed by atoms with Crippen molar-refractivity contribution in [3.8, 4) is 0 Å². The molecule has 1 aliphatic heterocycles. The number of halogens is 2. The van der Waals surface area contributed by atoms with Crippen LogP contribution in [0.3, 0.4) is 0 Å². The predicted molar refractivity (Wildman–Crippen MR) is 124 cm³/mol. The summed E-state index contributed by atoms with van der Waals surface area (Å²) in [6.45, 7) is 0.260. The average Bonchev–Trinajstić information content (AvgIpc) is 3.27. The number of hydrogen-bond donors (Lipinski definition) is 5. The fourth-order valence-corrected chi connectivity index (χ4v) is 7.16. The van der Waals surface area contributed by atoms with Gasteiger partial charge in [-0.05, 0) is 23.2 Å². The summed E-state index contributed by atoms with van der Waals surface area (Å²) >= 11 is 12.2. The summed E-state index contributed by atoms with van der Waals surface area (Å²) in [4.78, 5) is 26.1. The molecule has 4 atom stereocenters. The number of hydrogen-bond acceptors (Lipinski definition) is 11. The molecule has 1 aromatic carbocycles. The molecule has 35 heavy (non-hydrogen) atoms. The van der Waals surface area contributed by atoms with Gasteiger partial charge in [0.1, 0.15) is 18.3 Å². The molecule has 14 nitrogen and oxygen atoms in total. The maximum absolute atomic E-state index is 12.1. The number of aliphatic hydroxyl groups is 2. The van der Waals surface area contributed by atoms with Crippen LogP contribution in [-0.2, 0) is 25.7 Å². The fourth-order valence-electron chi connectivity index (χ4n) is 3.55. The van der Waals surface area contributed by atoms with Crippen LogP contribution in [0.25, 0.3) is 11.2 Å². The van der Waals surface area contributed by atoms with E-state index in [0.29, 0.717) is 5.02 Å². The van der Waals surface area contributed by atoms with E-state index in [-0.39, 0.29) is 28.8 Å². The molecule has 0 aliphatic carbocycles. The molecule has 0 amide bonds. The first kappa shape index (κ1) is 26.1. The van der Waals surface area contributed by atoms with Crippen molar-refractivity contribution in [1.82, 2.24) is 25.0 Å². The van der Waals surface area contributed by atoms with Crippen molar-refractivity contribution in [1.29, 1.82) is 0 Å². The van der Waals surface area contributed by atoms with Crippen LogP contribution in [0, 0.1) is 0 Å². The lowest BCUT2D eigenvalue weighted by molar-refractivity contribution is -0.0375. The molecule has 0 unspecified atom stereocenters. The van der Waals surface area contributed by atoms with Crippen molar-refractivity contribution in [3.63, 3.8) is 0 Å². The second-order valence-electron chi connectivity index (χ2n) is 7.74. The largest absolute Gasteiger partial charge is 0.387 e. The van der Waals surface area contributed by atoms with Crippen LogP contribution in [0.2, 0.25) is 10.3 Å². The molecule has 1 saturated heterocycles.